The predicted octanol–water partition coefficient (Wildman–Crippen LogP) is 2.13. The van der Waals surface area contributed by atoms with Gasteiger partial charge in [-0.25, -0.2) is 4.79 Å². The van der Waals surface area contributed by atoms with Crippen LogP contribution in [0.5, 0.6) is 28.7 Å². The first-order valence-electron chi connectivity index (χ1n) is 12.0. The topological polar surface area (TPSA) is 142 Å². The van der Waals surface area contributed by atoms with Crippen molar-refractivity contribution in [1.82, 2.24) is 0 Å². The monoisotopic (exact) mass is 526 g/mol. The fourth-order valence-corrected chi connectivity index (χ4v) is 5.12. The van der Waals surface area contributed by atoms with E-state index in [9.17, 15) is 20.1 Å². The Bertz CT molecular complexity index is 1430. The fourth-order valence-electron chi connectivity index (χ4n) is 5.12. The predicted molar refractivity (Wildman–Crippen MR) is 131 cm³/mol. The highest BCUT2D eigenvalue weighted by molar-refractivity contribution is 6.14. The van der Waals surface area contributed by atoms with E-state index in [0.29, 0.717) is 50.5 Å². The number of benzene rings is 3. The molecule has 0 aromatic heterocycles. The SMILES string of the molecule is COc1cc2c(OC3OC(C)C(O)[C@H](O)C3O)c3c(c(-c4ccc5c(c4)OCO5)c2cc1OC)C(=O)OC3. The number of ether oxygens (including phenoxy) is 7. The molecule has 3 aromatic carbocycles. The van der Waals surface area contributed by atoms with Crippen LogP contribution in [0.1, 0.15) is 22.8 Å². The van der Waals surface area contributed by atoms with E-state index < -0.39 is 36.7 Å². The summed E-state index contributed by atoms with van der Waals surface area (Å²) in [5.74, 6) is 1.61. The molecule has 1 fully saturated rings. The minimum atomic E-state index is -1.56. The van der Waals surface area contributed by atoms with Crippen LogP contribution in [-0.2, 0) is 16.1 Å². The maximum Gasteiger partial charge on any atom is 0.339 e. The number of aliphatic hydroxyl groups is 3. The van der Waals surface area contributed by atoms with Crippen LogP contribution in [0.4, 0.5) is 0 Å². The van der Waals surface area contributed by atoms with E-state index in [-0.39, 0.29) is 24.7 Å². The quantitative estimate of drug-likeness (QED) is 0.421. The van der Waals surface area contributed by atoms with Crippen LogP contribution in [0, 0.1) is 0 Å². The highest BCUT2D eigenvalue weighted by Gasteiger charge is 2.44. The van der Waals surface area contributed by atoms with Gasteiger partial charge >= 0.3 is 5.97 Å². The van der Waals surface area contributed by atoms with E-state index in [2.05, 4.69) is 0 Å². The maximum absolute atomic E-state index is 13.1. The van der Waals surface area contributed by atoms with Crippen molar-refractivity contribution >= 4 is 16.7 Å². The molecule has 11 nitrogen and oxygen atoms in total. The van der Waals surface area contributed by atoms with Gasteiger partial charge in [0.2, 0.25) is 13.1 Å². The summed E-state index contributed by atoms with van der Waals surface area (Å²) in [5, 5.41) is 32.2. The van der Waals surface area contributed by atoms with Crippen LogP contribution in [0.3, 0.4) is 0 Å². The van der Waals surface area contributed by atoms with Crippen LogP contribution >= 0.6 is 0 Å². The van der Waals surface area contributed by atoms with Gasteiger partial charge in [0.25, 0.3) is 0 Å². The number of fused-ring (bicyclic) bond motifs is 3. The van der Waals surface area contributed by atoms with Gasteiger partial charge in [-0.05, 0) is 42.1 Å². The van der Waals surface area contributed by atoms with E-state index in [1.165, 1.54) is 14.2 Å². The summed E-state index contributed by atoms with van der Waals surface area (Å²) in [6.45, 7) is 1.57. The molecule has 3 N–H and O–H groups in total. The zero-order chi connectivity index (χ0) is 26.7. The van der Waals surface area contributed by atoms with Crippen LogP contribution in [-0.4, -0.2) is 73.0 Å². The minimum Gasteiger partial charge on any atom is -0.493 e. The first kappa shape index (κ1) is 24.6. The summed E-state index contributed by atoms with van der Waals surface area (Å²) >= 11 is 0. The first-order valence-corrected chi connectivity index (χ1v) is 12.0. The van der Waals surface area contributed by atoms with Gasteiger partial charge in [0, 0.05) is 16.5 Å². The lowest BCUT2D eigenvalue weighted by Crippen LogP contribution is -2.58. The fraction of sp³-hybridized carbons (Fsp3) is 0.370. The lowest BCUT2D eigenvalue weighted by molar-refractivity contribution is -0.268. The molecule has 1 saturated heterocycles. The number of rotatable bonds is 5. The highest BCUT2D eigenvalue weighted by Crippen LogP contribution is 2.49. The molecule has 0 saturated carbocycles. The van der Waals surface area contributed by atoms with E-state index in [1.807, 2.05) is 6.07 Å². The molecule has 38 heavy (non-hydrogen) atoms. The van der Waals surface area contributed by atoms with Crippen molar-refractivity contribution in [3.05, 3.63) is 41.5 Å². The standard InChI is InChI=1S/C27H26O11/c1-11-22(28)23(29)24(30)27(37-11)38-25-14-8-18(33-3)17(32-2)7-13(14)20(21-15(25)9-34-26(21)31)12-4-5-16-19(6-12)36-10-35-16/h4-8,11,22-24,27-30H,9-10H2,1-3H3/t11?,22?,23-,24?,27?/m0/s1. The van der Waals surface area contributed by atoms with Crippen LogP contribution in [0.15, 0.2) is 30.3 Å². The first-order chi connectivity index (χ1) is 18.3. The number of hydrogen-bond donors (Lipinski definition) is 3. The summed E-state index contributed by atoms with van der Waals surface area (Å²) < 4.78 is 39.4. The Morgan fingerprint density at radius 1 is 0.842 bits per heavy atom. The Balaban J connectivity index is 1.61. The molecule has 200 valence electrons. The molecule has 3 heterocycles. The van der Waals surface area contributed by atoms with Crippen molar-refractivity contribution in [2.75, 3.05) is 21.0 Å². The second-order valence-corrected chi connectivity index (χ2v) is 9.25. The molecule has 0 bridgehead atoms. The van der Waals surface area contributed by atoms with Crippen molar-refractivity contribution in [3.63, 3.8) is 0 Å². The zero-order valence-corrected chi connectivity index (χ0v) is 20.8. The largest absolute Gasteiger partial charge is 0.493 e. The molecule has 3 aliphatic heterocycles. The van der Waals surface area contributed by atoms with Gasteiger partial charge in [0.15, 0.2) is 23.0 Å². The van der Waals surface area contributed by atoms with Crippen LogP contribution in [0.25, 0.3) is 21.9 Å². The number of methoxy groups -OCH3 is 2. The number of esters is 1. The third kappa shape index (κ3) is 3.70. The summed E-state index contributed by atoms with van der Waals surface area (Å²) in [7, 11) is 3.00. The van der Waals surface area contributed by atoms with Gasteiger partial charge in [0.1, 0.15) is 30.7 Å². The number of carbonyl (C=O) groups is 1. The minimum absolute atomic E-state index is 0.0884. The van der Waals surface area contributed by atoms with E-state index in [1.54, 1.807) is 31.2 Å². The van der Waals surface area contributed by atoms with Crippen molar-refractivity contribution < 1.29 is 53.3 Å². The number of aliphatic hydroxyl groups excluding tert-OH is 3. The Hall–Kier alpha value is -3.77. The van der Waals surface area contributed by atoms with Crippen LogP contribution < -0.4 is 23.7 Å². The average molecular weight is 526 g/mol. The van der Waals surface area contributed by atoms with Crippen LogP contribution in [0.2, 0.25) is 0 Å². The van der Waals surface area contributed by atoms with E-state index in [0.717, 1.165) is 0 Å². The lowest BCUT2D eigenvalue weighted by atomic mass is 9.89. The van der Waals surface area contributed by atoms with Crippen molar-refractivity contribution in [2.24, 2.45) is 0 Å². The Morgan fingerprint density at radius 3 is 2.29 bits per heavy atom. The molecule has 3 aliphatic rings. The third-order valence-electron chi connectivity index (χ3n) is 7.12. The van der Waals surface area contributed by atoms with Crippen molar-refractivity contribution in [1.29, 1.82) is 0 Å². The van der Waals surface area contributed by atoms with Gasteiger partial charge in [-0.2, -0.15) is 0 Å². The summed E-state index contributed by atoms with van der Waals surface area (Å²) in [5.41, 5.74) is 1.95. The number of carbonyl (C=O) groups excluding carboxylic acids is 1. The Labute approximate surface area is 217 Å². The maximum atomic E-state index is 13.1. The second-order valence-electron chi connectivity index (χ2n) is 9.25. The van der Waals surface area contributed by atoms with Gasteiger partial charge in [-0.1, -0.05) is 6.07 Å². The molecule has 0 spiro atoms. The van der Waals surface area contributed by atoms with E-state index >= 15 is 0 Å². The Morgan fingerprint density at radius 2 is 1.55 bits per heavy atom. The zero-order valence-electron chi connectivity index (χ0n) is 20.8. The molecular weight excluding hydrogens is 500 g/mol. The molecule has 6 rings (SSSR count). The second kappa shape index (κ2) is 9.21. The van der Waals surface area contributed by atoms with E-state index in [4.69, 9.17) is 33.2 Å². The van der Waals surface area contributed by atoms with Gasteiger partial charge in [-0.3, -0.25) is 0 Å². The number of cyclic esters (lactones) is 1. The molecule has 0 aliphatic carbocycles. The average Bonchev–Trinajstić information content (AvgIpc) is 3.55. The summed E-state index contributed by atoms with van der Waals surface area (Å²) in [4.78, 5) is 13.1. The van der Waals surface area contributed by atoms with Crippen molar-refractivity contribution in [2.45, 2.75) is 44.2 Å². The molecule has 11 heteroatoms. The highest BCUT2D eigenvalue weighted by atomic mass is 16.7. The molecule has 5 atom stereocenters. The molecule has 0 amide bonds. The van der Waals surface area contributed by atoms with Gasteiger partial charge in [0.05, 0.1) is 25.9 Å². The number of hydrogen-bond acceptors (Lipinski definition) is 11. The molecule has 0 radical (unpaired) electrons. The van der Waals surface area contributed by atoms with Gasteiger partial charge < -0.3 is 48.5 Å². The third-order valence-corrected chi connectivity index (χ3v) is 7.12. The van der Waals surface area contributed by atoms with Gasteiger partial charge in [-0.15, -0.1) is 0 Å². The summed E-state index contributed by atoms with van der Waals surface area (Å²) in [6.07, 6.45) is -6.51. The summed E-state index contributed by atoms with van der Waals surface area (Å²) in [6, 6.07) is 8.80. The lowest BCUT2D eigenvalue weighted by Gasteiger charge is -2.39. The Kier molecular flexibility index (Phi) is 5.95. The molecule has 3 aromatic rings. The van der Waals surface area contributed by atoms with Crippen molar-refractivity contribution in [3.8, 4) is 39.9 Å². The normalized spacial score (nSPS) is 25.7. The smallest absolute Gasteiger partial charge is 0.339 e. The molecule has 4 unspecified atom stereocenters. The molecular formula is C27H26O11.